The van der Waals surface area contributed by atoms with E-state index in [1.165, 1.54) is 4.90 Å². The Balaban J connectivity index is 1.87. The summed E-state index contributed by atoms with van der Waals surface area (Å²) in [4.78, 5) is 39.1. The minimum atomic E-state index is -0.415. The van der Waals surface area contributed by atoms with E-state index in [1.807, 2.05) is 17.5 Å². The van der Waals surface area contributed by atoms with Crippen LogP contribution in [0.3, 0.4) is 0 Å². The Morgan fingerprint density at radius 1 is 1.17 bits per heavy atom. The summed E-state index contributed by atoms with van der Waals surface area (Å²) in [5, 5.41) is 2.41. The maximum Gasteiger partial charge on any atom is 0.311 e. The summed E-state index contributed by atoms with van der Waals surface area (Å²) in [6, 6.07) is 10.8. The molecular formula is C16H14N2O3S2. The number of carbonyl (C=O) groups excluding carboxylic acids is 1. The van der Waals surface area contributed by atoms with Gasteiger partial charge in [0.1, 0.15) is 6.54 Å². The van der Waals surface area contributed by atoms with E-state index in [0.717, 1.165) is 20.8 Å². The van der Waals surface area contributed by atoms with Gasteiger partial charge in [-0.3, -0.25) is 19.0 Å². The Bertz CT molecular complexity index is 957. The molecule has 5 nitrogen and oxygen atoms in total. The molecule has 0 atom stereocenters. The Morgan fingerprint density at radius 3 is 2.70 bits per heavy atom. The number of hydrogen-bond acceptors (Lipinski definition) is 5. The maximum atomic E-state index is 12.4. The van der Waals surface area contributed by atoms with Crippen LogP contribution in [0, 0.1) is 0 Å². The van der Waals surface area contributed by atoms with Crippen molar-refractivity contribution in [2.24, 2.45) is 0 Å². The van der Waals surface area contributed by atoms with Crippen molar-refractivity contribution in [2.45, 2.75) is 13.1 Å². The van der Waals surface area contributed by atoms with E-state index in [1.54, 1.807) is 42.6 Å². The second kappa shape index (κ2) is 6.47. The largest absolute Gasteiger partial charge is 0.339 e. The molecule has 0 fully saturated rings. The first-order valence-corrected chi connectivity index (χ1v) is 8.65. The van der Waals surface area contributed by atoms with Gasteiger partial charge < -0.3 is 4.90 Å². The summed E-state index contributed by atoms with van der Waals surface area (Å²) in [6.07, 6.45) is 0. The van der Waals surface area contributed by atoms with E-state index >= 15 is 0 Å². The third-order valence-corrected chi connectivity index (χ3v) is 5.30. The second-order valence-electron chi connectivity index (χ2n) is 5.08. The SMILES string of the molecule is CN(Cc1cccs1)C(=O)Cn1c(=O)sc2ccccc2c1=O. The molecule has 0 aliphatic heterocycles. The van der Waals surface area contributed by atoms with Crippen molar-refractivity contribution < 1.29 is 4.79 Å². The zero-order valence-electron chi connectivity index (χ0n) is 12.4. The van der Waals surface area contributed by atoms with E-state index in [0.29, 0.717) is 16.6 Å². The van der Waals surface area contributed by atoms with Crippen molar-refractivity contribution >= 4 is 38.7 Å². The van der Waals surface area contributed by atoms with Gasteiger partial charge in [0.05, 0.1) is 11.9 Å². The highest BCUT2D eigenvalue weighted by Crippen LogP contribution is 2.12. The average molecular weight is 346 g/mol. The maximum absolute atomic E-state index is 12.4. The standard InChI is InChI=1S/C16H14N2O3S2/c1-17(9-11-5-4-8-22-11)14(19)10-18-15(20)12-6-2-3-7-13(12)23-16(18)21/h2-8H,9-10H2,1H3. The average Bonchev–Trinajstić information content (AvgIpc) is 3.04. The molecule has 0 unspecified atom stereocenters. The highest BCUT2D eigenvalue weighted by Gasteiger charge is 2.15. The van der Waals surface area contributed by atoms with Crippen molar-refractivity contribution in [3.05, 3.63) is 66.7 Å². The van der Waals surface area contributed by atoms with E-state index in [-0.39, 0.29) is 12.5 Å². The van der Waals surface area contributed by atoms with Crippen LogP contribution in [0.25, 0.3) is 10.1 Å². The van der Waals surface area contributed by atoms with Gasteiger partial charge in [-0.2, -0.15) is 0 Å². The van der Waals surface area contributed by atoms with Crippen LogP contribution in [0.5, 0.6) is 0 Å². The molecule has 2 aromatic heterocycles. The third-order valence-electron chi connectivity index (χ3n) is 3.47. The van der Waals surface area contributed by atoms with Crippen LogP contribution in [0.15, 0.2) is 51.4 Å². The number of rotatable bonds is 4. The molecule has 23 heavy (non-hydrogen) atoms. The molecule has 3 rings (SSSR count). The van der Waals surface area contributed by atoms with Crippen molar-refractivity contribution in [1.82, 2.24) is 9.47 Å². The van der Waals surface area contributed by atoms with Gasteiger partial charge in [0, 0.05) is 16.6 Å². The zero-order chi connectivity index (χ0) is 16.4. The molecule has 1 amide bonds. The molecule has 1 aromatic carbocycles. The lowest BCUT2D eigenvalue weighted by molar-refractivity contribution is -0.131. The molecule has 7 heteroatoms. The number of amides is 1. The first-order valence-electron chi connectivity index (χ1n) is 6.95. The molecule has 0 aliphatic rings. The quantitative estimate of drug-likeness (QED) is 0.727. The topological polar surface area (TPSA) is 59.4 Å². The molecule has 118 valence electrons. The lowest BCUT2D eigenvalue weighted by atomic mass is 10.3. The van der Waals surface area contributed by atoms with Gasteiger partial charge >= 0.3 is 4.87 Å². The number of carbonyl (C=O) groups is 1. The molecule has 2 heterocycles. The first-order chi connectivity index (χ1) is 11.1. The van der Waals surface area contributed by atoms with Gasteiger partial charge in [-0.1, -0.05) is 29.5 Å². The number of aromatic nitrogens is 1. The van der Waals surface area contributed by atoms with E-state index in [2.05, 4.69) is 0 Å². The Labute approximate surface area is 140 Å². The first kappa shape index (κ1) is 15.6. The Morgan fingerprint density at radius 2 is 1.96 bits per heavy atom. The van der Waals surface area contributed by atoms with Crippen LogP contribution in [0.1, 0.15) is 4.88 Å². The van der Waals surface area contributed by atoms with Crippen LogP contribution in [-0.4, -0.2) is 22.4 Å². The van der Waals surface area contributed by atoms with E-state index in [4.69, 9.17) is 0 Å². The predicted octanol–water partition coefficient (Wildman–Crippen LogP) is 2.14. The normalized spacial score (nSPS) is 10.8. The van der Waals surface area contributed by atoms with Crippen LogP contribution in [-0.2, 0) is 17.9 Å². The van der Waals surface area contributed by atoms with Crippen molar-refractivity contribution in [3.63, 3.8) is 0 Å². The van der Waals surface area contributed by atoms with Crippen LogP contribution < -0.4 is 10.4 Å². The van der Waals surface area contributed by atoms with Gasteiger partial charge in [0.15, 0.2) is 0 Å². The molecule has 3 aromatic rings. The van der Waals surface area contributed by atoms with Gasteiger partial charge in [0.25, 0.3) is 5.56 Å². The molecular weight excluding hydrogens is 332 g/mol. The van der Waals surface area contributed by atoms with Crippen molar-refractivity contribution in [2.75, 3.05) is 7.05 Å². The fourth-order valence-electron chi connectivity index (χ4n) is 2.23. The zero-order valence-corrected chi connectivity index (χ0v) is 14.0. The number of nitrogens with zero attached hydrogens (tertiary/aromatic N) is 2. The molecule has 0 bridgehead atoms. The number of likely N-dealkylation sites (N-methyl/N-ethyl adjacent to an activating group) is 1. The molecule has 0 aliphatic carbocycles. The van der Waals surface area contributed by atoms with Gasteiger partial charge in [-0.15, -0.1) is 11.3 Å². The molecule has 0 N–H and O–H groups in total. The molecule has 0 spiro atoms. The summed E-state index contributed by atoms with van der Waals surface area (Å²) < 4.78 is 1.65. The summed E-state index contributed by atoms with van der Waals surface area (Å²) in [5.41, 5.74) is -0.415. The minimum absolute atomic E-state index is 0.235. The second-order valence-corrected chi connectivity index (χ2v) is 7.11. The summed E-state index contributed by atoms with van der Waals surface area (Å²) in [7, 11) is 1.67. The predicted molar refractivity (Wildman–Crippen MR) is 93.1 cm³/mol. The van der Waals surface area contributed by atoms with Crippen LogP contribution in [0.2, 0.25) is 0 Å². The molecule has 0 radical (unpaired) electrons. The number of hydrogen-bond donors (Lipinski definition) is 0. The van der Waals surface area contributed by atoms with Crippen molar-refractivity contribution in [1.29, 1.82) is 0 Å². The smallest absolute Gasteiger partial charge is 0.311 e. The van der Waals surface area contributed by atoms with E-state index in [9.17, 15) is 14.4 Å². The minimum Gasteiger partial charge on any atom is -0.339 e. The Hall–Kier alpha value is -2.25. The van der Waals surface area contributed by atoms with Crippen LogP contribution >= 0.6 is 22.7 Å². The number of fused-ring (bicyclic) bond motifs is 1. The van der Waals surface area contributed by atoms with E-state index < -0.39 is 10.4 Å². The molecule has 0 saturated heterocycles. The molecule has 0 saturated carbocycles. The van der Waals surface area contributed by atoms with Gasteiger partial charge in [-0.25, -0.2) is 0 Å². The lowest BCUT2D eigenvalue weighted by Gasteiger charge is -2.16. The highest BCUT2D eigenvalue weighted by atomic mass is 32.1. The fraction of sp³-hybridized carbons (Fsp3) is 0.188. The number of thiophene rings is 1. The fourth-order valence-corrected chi connectivity index (χ4v) is 3.84. The summed E-state index contributed by atoms with van der Waals surface area (Å²) in [6.45, 7) is 0.233. The highest BCUT2D eigenvalue weighted by molar-refractivity contribution is 7.16. The lowest BCUT2D eigenvalue weighted by Crippen LogP contribution is -2.38. The van der Waals surface area contributed by atoms with Gasteiger partial charge in [0.2, 0.25) is 5.91 Å². The van der Waals surface area contributed by atoms with Crippen LogP contribution in [0.4, 0.5) is 0 Å². The number of benzene rings is 1. The summed E-state index contributed by atoms with van der Waals surface area (Å²) >= 11 is 2.54. The van der Waals surface area contributed by atoms with Gasteiger partial charge in [-0.05, 0) is 23.6 Å². The van der Waals surface area contributed by atoms with Crippen molar-refractivity contribution in [3.8, 4) is 0 Å². The summed E-state index contributed by atoms with van der Waals surface area (Å²) in [5.74, 6) is -0.264. The Kier molecular flexibility index (Phi) is 4.40. The third kappa shape index (κ3) is 3.25. The monoisotopic (exact) mass is 346 g/mol.